The third-order valence-electron chi connectivity index (χ3n) is 5.50. The molecule has 1 aromatic carbocycles. The second-order valence-electron chi connectivity index (χ2n) is 7.77. The lowest BCUT2D eigenvalue weighted by Crippen LogP contribution is -2.15. The fourth-order valence-corrected chi connectivity index (χ4v) is 3.69. The molecule has 7 nitrogen and oxygen atoms in total. The molecular weight excluding hydrogens is 378 g/mol. The molecular formula is C23H23N5O2. The number of nitrogens with zero attached hydrogens (tertiary/aromatic N) is 4. The molecule has 3 aromatic rings. The van der Waals surface area contributed by atoms with Crippen LogP contribution < -0.4 is 10.1 Å². The summed E-state index contributed by atoms with van der Waals surface area (Å²) >= 11 is 0. The summed E-state index contributed by atoms with van der Waals surface area (Å²) < 4.78 is 13.9. The van der Waals surface area contributed by atoms with Crippen LogP contribution in [0.15, 0.2) is 48.8 Å². The highest BCUT2D eigenvalue weighted by atomic mass is 16.5. The van der Waals surface area contributed by atoms with Crippen LogP contribution in [0, 0.1) is 11.3 Å². The van der Waals surface area contributed by atoms with Gasteiger partial charge in [0, 0.05) is 37.1 Å². The maximum atomic E-state index is 8.94. The van der Waals surface area contributed by atoms with Crippen LogP contribution in [0.25, 0.3) is 0 Å². The average molecular weight is 401 g/mol. The molecule has 1 aliphatic carbocycles. The lowest BCUT2D eigenvalue weighted by atomic mass is 9.96. The monoisotopic (exact) mass is 401 g/mol. The molecule has 30 heavy (non-hydrogen) atoms. The van der Waals surface area contributed by atoms with Crippen molar-refractivity contribution in [2.75, 3.05) is 18.5 Å². The predicted octanol–water partition coefficient (Wildman–Crippen LogP) is 4.91. The fraction of sp³-hybridized carbons (Fsp3) is 0.348. The van der Waals surface area contributed by atoms with Crippen LogP contribution in [-0.4, -0.2) is 28.0 Å². The van der Waals surface area contributed by atoms with E-state index in [1.807, 2.05) is 30.5 Å². The predicted molar refractivity (Wildman–Crippen MR) is 112 cm³/mol. The lowest BCUT2D eigenvalue weighted by molar-refractivity contribution is 0.0839. The maximum absolute atomic E-state index is 8.94. The minimum Gasteiger partial charge on any atom is -0.454 e. The van der Waals surface area contributed by atoms with Crippen molar-refractivity contribution in [2.45, 2.75) is 37.6 Å². The smallest absolute Gasteiger partial charge is 0.168 e. The van der Waals surface area contributed by atoms with E-state index in [0.29, 0.717) is 29.1 Å². The number of hydrogen-bond acceptors (Lipinski definition) is 6. The van der Waals surface area contributed by atoms with Gasteiger partial charge in [0.25, 0.3) is 0 Å². The van der Waals surface area contributed by atoms with E-state index in [0.717, 1.165) is 43.2 Å². The lowest BCUT2D eigenvalue weighted by Gasteiger charge is -2.21. The van der Waals surface area contributed by atoms with E-state index >= 15 is 0 Å². The second-order valence-corrected chi connectivity index (χ2v) is 7.77. The molecule has 2 aromatic heterocycles. The molecule has 5 rings (SSSR count). The van der Waals surface area contributed by atoms with Crippen molar-refractivity contribution >= 4 is 11.5 Å². The minimum atomic E-state index is 0.367. The molecule has 0 unspecified atom stereocenters. The van der Waals surface area contributed by atoms with Gasteiger partial charge in [-0.15, -0.1) is 0 Å². The SMILES string of the molecule is N#Cc1ccc(Nc2cc(Oc3cn(C4CC4)nc3C3CCOCC3)ccn2)cc1. The van der Waals surface area contributed by atoms with Crippen LogP contribution in [0.5, 0.6) is 11.5 Å². The van der Waals surface area contributed by atoms with E-state index in [9.17, 15) is 0 Å². The number of anilines is 2. The van der Waals surface area contributed by atoms with E-state index < -0.39 is 0 Å². The summed E-state index contributed by atoms with van der Waals surface area (Å²) in [4.78, 5) is 4.38. The molecule has 3 heterocycles. The zero-order chi connectivity index (χ0) is 20.3. The van der Waals surface area contributed by atoms with Gasteiger partial charge in [0.15, 0.2) is 5.75 Å². The number of benzene rings is 1. The van der Waals surface area contributed by atoms with Gasteiger partial charge in [0.2, 0.25) is 0 Å². The zero-order valence-electron chi connectivity index (χ0n) is 16.6. The van der Waals surface area contributed by atoms with Crippen molar-refractivity contribution in [3.05, 3.63) is 60.0 Å². The first kappa shape index (κ1) is 18.6. The summed E-state index contributed by atoms with van der Waals surface area (Å²) in [5.74, 6) is 2.58. The standard InChI is InChI=1S/C23H23N5O2/c24-14-16-1-3-18(4-2-16)26-22-13-20(7-10-25-22)30-21-15-28(19-5-6-19)27-23(21)17-8-11-29-12-9-17/h1-4,7,10,13,15,17,19H,5-6,8-9,11-12H2,(H,25,26). The molecule has 0 amide bonds. The molecule has 1 saturated heterocycles. The van der Waals surface area contributed by atoms with Gasteiger partial charge in [-0.1, -0.05) is 0 Å². The molecule has 0 bridgehead atoms. The third-order valence-corrected chi connectivity index (χ3v) is 5.50. The van der Waals surface area contributed by atoms with Crippen molar-refractivity contribution in [3.63, 3.8) is 0 Å². The van der Waals surface area contributed by atoms with E-state index in [1.165, 1.54) is 12.8 Å². The number of rotatable bonds is 6. The minimum absolute atomic E-state index is 0.367. The van der Waals surface area contributed by atoms with E-state index in [4.69, 9.17) is 19.8 Å². The number of ether oxygens (including phenoxy) is 2. The summed E-state index contributed by atoms with van der Waals surface area (Å²) in [5, 5.41) is 17.1. The zero-order valence-corrected chi connectivity index (χ0v) is 16.6. The highest BCUT2D eigenvalue weighted by Crippen LogP contribution is 2.40. The van der Waals surface area contributed by atoms with Crippen LogP contribution in [0.2, 0.25) is 0 Å². The summed E-state index contributed by atoms with van der Waals surface area (Å²) in [7, 11) is 0. The van der Waals surface area contributed by atoms with Crippen molar-refractivity contribution < 1.29 is 9.47 Å². The van der Waals surface area contributed by atoms with E-state index in [1.54, 1.807) is 18.3 Å². The number of pyridine rings is 1. The van der Waals surface area contributed by atoms with Gasteiger partial charge >= 0.3 is 0 Å². The Morgan fingerprint density at radius 3 is 2.63 bits per heavy atom. The third kappa shape index (κ3) is 4.14. The van der Waals surface area contributed by atoms with Gasteiger partial charge in [0.05, 0.1) is 23.9 Å². The molecule has 0 spiro atoms. The van der Waals surface area contributed by atoms with Gasteiger partial charge in [-0.3, -0.25) is 4.68 Å². The van der Waals surface area contributed by atoms with E-state index in [2.05, 4.69) is 21.1 Å². The Kier molecular flexibility index (Phi) is 5.08. The Balaban J connectivity index is 1.36. The Hall–Kier alpha value is -3.37. The van der Waals surface area contributed by atoms with Gasteiger partial charge in [0.1, 0.15) is 17.3 Å². The van der Waals surface area contributed by atoms with Crippen LogP contribution in [0.3, 0.4) is 0 Å². The second kappa shape index (κ2) is 8.17. The van der Waals surface area contributed by atoms with Crippen LogP contribution in [0.1, 0.15) is 48.9 Å². The molecule has 2 aliphatic rings. The first-order chi connectivity index (χ1) is 14.8. The number of hydrogen-bond donors (Lipinski definition) is 1. The average Bonchev–Trinajstić information content (AvgIpc) is 3.56. The van der Waals surface area contributed by atoms with Gasteiger partial charge in [-0.05, 0) is 56.0 Å². The van der Waals surface area contributed by atoms with Gasteiger partial charge < -0.3 is 14.8 Å². The first-order valence-corrected chi connectivity index (χ1v) is 10.4. The van der Waals surface area contributed by atoms with Gasteiger partial charge in [-0.2, -0.15) is 10.4 Å². The highest BCUT2D eigenvalue weighted by Gasteiger charge is 2.29. The molecule has 0 atom stereocenters. The topological polar surface area (TPSA) is 85.0 Å². The molecule has 152 valence electrons. The molecule has 0 radical (unpaired) electrons. The fourth-order valence-electron chi connectivity index (χ4n) is 3.69. The Morgan fingerprint density at radius 1 is 1.10 bits per heavy atom. The number of nitriles is 1. The first-order valence-electron chi connectivity index (χ1n) is 10.4. The van der Waals surface area contributed by atoms with Crippen molar-refractivity contribution in [1.29, 1.82) is 5.26 Å². The number of aromatic nitrogens is 3. The summed E-state index contributed by atoms with van der Waals surface area (Å²) in [6, 6.07) is 13.6. The van der Waals surface area contributed by atoms with Crippen molar-refractivity contribution in [1.82, 2.24) is 14.8 Å². The maximum Gasteiger partial charge on any atom is 0.168 e. The van der Waals surface area contributed by atoms with Crippen LogP contribution in [-0.2, 0) is 4.74 Å². The van der Waals surface area contributed by atoms with Crippen molar-refractivity contribution in [3.8, 4) is 17.6 Å². The van der Waals surface area contributed by atoms with E-state index in [-0.39, 0.29) is 0 Å². The molecule has 1 saturated carbocycles. The summed E-state index contributed by atoms with van der Waals surface area (Å²) in [6.07, 6.45) is 8.07. The number of nitrogens with one attached hydrogen (secondary N) is 1. The highest BCUT2D eigenvalue weighted by molar-refractivity contribution is 5.58. The van der Waals surface area contributed by atoms with Gasteiger partial charge in [-0.25, -0.2) is 4.98 Å². The molecule has 2 fully saturated rings. The molecule has 7 heteroatoms. The largest absolute Gasteiger partial charge is 0.454 e. The Bertz CT molecular complexity index is 1060. The molecule has 1 N–H and O–H groups in total. The Labute approximate surface area is 175 Å². The van der Waals surface area contributed by atoms with Crippen LogP contribution in [0.4, 0.5) is 11.5 Å². The summed E-state index contributed by atoms with van der Waals surface area (Å²) in [5.41, 5.74) is 2.52. The van der Waals surface area contributed by atoms with Crippen LogP contribution >= 0.6 is 0 Å². The quantitative estimate of drug-likeness (QED) is 0.631. The normalized spacial score (nSPS) is 16.8. The Morgan fingerprint density at radius 2 is 1.90 bits per heavy atom. The summed E-state index contributed by atoms with van der Waals surface area (Å²) in [6.45, 7) is 1.54. The molecule has 1 aliphatic heterocycles. The van der Waals surface area contributed by atoms with Crippen molar-refractivity contribution in [2.24, 2.45) is 0 Å².